The molecule has 0 aliphatic heterocycles. The second-order valence-corrected chi connectivity index (χ2v) is 5.02. The van der Waals surface area contributed by atoms with Crippen molar-refractivity contribution in [2.75, 3.05) is 5.32 Å². The van der Waals surface area contributed by atoms with Gasteiger partial charge in [-0.05, 0) is 31.2 Å². The number of carbonyl (C=O) groups is 1. The third kappa shape index (κ3) is 3.04. The van der Waals surface area contributed by atoms with Crippen LogP contribution in [0.1, 0.15) is 21.6 Å². The van der Waals surface area contributed by atoms with E-state index in [4.69, 9.17) is 0 Å². The van der Waals surface area contributed by atoms with Crippen LogP contribution in [0, 0.1) is 6.92 Å². The molecule has 0 spiro atoms. The predicted molar refractivity (Wildman–Crippen MR) is 88.6 cm³/mol. The zero-order chi connectivity index (χ0) is 15.4. The van der Waals surface area contributed by atoms with Crippen molar-refractivity contribution >= 4 is 17.3 Å². The third-order valence-corrected chi connectivity index (χ3v) is 3.41. The van der Waals surface area contributed by atoms with Crippen LogP contribution in [0.4, 0.5) is 11.5 Å². The van der Waals surface area contributed by atoms with Crippen LogP contribution in [0.25, 0.3) is 0 Å². The number of pyridine rings is 1. The number of nitrogens with zero attached hydrogens (tertiary/aromatic N) is 1. The molecule has 0 aliphatic rings. The molecule has 3 heteroatoms. The Morgan fingerprint density at radius 2 is 1.50 bits per heavy atom. The van der Waals surface area contributed by atoms with Crippen molar-refractivity contribution < 1.29 is 4.79 Å². The van der Waals surface area contributed by atoms with Crippen molar-refractivity contribution in [3.05, 3.63) is 89.6 Å². The average Bonchev–Trinajstić information content (AvgIpc) is 2.56. The van der Waals surface area contributed by atoms with Gasteiger partial charge >= 0.3 is 0 Å². The summed E-state index contributed by atoms with van der Waals surface area (Å²) in [5.74, 6) is 0.727. The number of aryl methyl sites for hydroxylation is 1. The van der Waals surface area contributed by atoms with Gasteiger partial charge in [-0.3, -0.25) is 4.79 Å². The second kappa shape index (κ2) is 6.22. The van der Waals surface area contributed by atoms with Gasteiger partial charge < -0.3 is 5.32 Å². The van der Waals surface area contributed by atoms with E-state index < -0.39 is 0 Å². The highest BCUT2D eigenvalue weighted by molar-refractivity contribution is 6.09. The number of rotatable bonds is 4. The van der Waals surface area contributed by atoms with Crippen molar-refractivity contribution in [2.24, 2.45) is 0 Å². The van der Waals surface area contributed by atoms with Gasteiger partial charge in [-0.25, -0.2) is 4.98 Å². The van der Waals surface area contributed by atoms with E-state index >= 15 is 0 Å². The minimum absolute atomic E-state index is 0.00291. The van der Waals surface area contributed by atoms with Gasteiger partial charge in [0.15, 0.2) is 5.78 Å². The van der Waals surface area contributed by atoms with Gasteiger partial charge in [-0.2, -0.15) is 0 Å². The Labute approximate surface area is 129 Å². The molecule has 0 unspecified atom stereocenters. The van der Waals surface area contributed by atoms with Crippen LogP contribution >= 0.6 is 0 Å². The Bertz CT molecular complexity index is 783. The first kappa shape index (κ1) is 14.0. The Morgan fingerprint density at radius 3 is 2.14 bits per heavy atom. The predicted octanol–water partition coefficient (Wildman–Crippen LogP) is 4.36. The first-order valence-electron chi connectivity index (χ1n) is 7.13. The zero-order valence-corrected chi connectivity index (χ0v) is 12.3. The molecule has 0 bridgehead atoms. The van der Waals surface area contributed by atoms with E-state index in [0.717, 1.165) is 17.2 Å². The molecule has 22 heavy (non-hydrogen) atoms. The first-order valence-corrected chi connectivity index (χ1v) is 7.13. The van der Waals surface area contributed by atoms with E-state index in [1.54, 1.807) is 0 Å². The maximum absolute atomic E-state index is 12.5. The van der Waals surface area contributed by atoms with Gasteiger partial charge in [0.2, 0.25) is 0 Å². The van der Waals surface area contributed by atoms with Gasteiger partial charge in [0.25, 0.3) is 0 Å². The number of nitrogens with one attached hydrogen (secondary N) is 1. The maximum Gasteiger partial charge on any atom is 0.194 e. The number of hydrogen-bond donors (Lipinski definition) is 1. The third-order valence-electron chi connectivity index (χ3n) is 3.41. The lowest BCUT2D eigenvalue weighted by Crippen LogP contribution is -2.06. The molecule has 0 fully saturated rings. The molecule has 0 radical (unpaired) electrons. The van der Waals surface area contributed by atoms with Crippen molar-refractivity contribution in [3.8, 4) is 0 Å². The normalized spacial score (nSPS) is 10.2. The van der Waals surface area contributed by atoms with Crippen molar-refractivity contribution in [2.45, 2.75) is 6.92 Å². The van der Waals surface area contributed by atoms with Gasteiger partial charge in [0.1, 0.15) is 5.82 Å². The van der Waals surface area contributed by atoms with Gasteiger partial charge in [0.05, 0.1) is 5.69 Å². The van der Waals surface area contributed by atoms with E-state index in [1.165, 1.54) is 0 Å². The fourth-order valence-corrected chi connectivity index (χ4v) is 2.29. The fraction of sp³-hybridized carbons (Fsp3) is 0.0526. The minimum atomic E-state index is -0.00291. The topological polar surface area (TPSA) is 42.0 Å². The lowest BCUT2D eigenvalue weighted by molar-refractivity contribution is 0.103. The van der Waals surface area contributed by atoms with Crippen molar-refractivity contribution in [3.63, 3.8) is 0 Å². The number of hydrogen-bond acceptors (Lipinski definition) is 3. The number of anilines is 2. The molecule has 1 N–H and O–H groups in total. The molecule has 3 nitrogen and oxygen atoms in total. The molecule has 0 saturated carbocycles. The van der Waals surface area contributed by atoms with E-state index in [1.807, 2.05) is 79.7 Å². The van der Waals surface area contributed by atoms with Crippen LogP contribution in [0.5, 0.6) is 0 Å². The molecule has 0 aliphatic carbocycles. The summed E-state index contributed by atoms with van der Waals surface area (Å²) in [4.78, 5) is 17.0. The van der Waals surface area contributed by atoms with Gasteiger partial charge in [-0.15, -0.1) is 0 Å². The van der Waals surface area contributed by atoms with Crippen molar-refractivity contribution in [1.29, 1.82) is 0 Å². The average molecular weight is 288 g/mol. The summed E-state index contributed by atoms with van der Waals surface area (Å²) in [7, 11) is 0. The molecule has 0 saturated heterocycles. The molecular formula is C19H16N2O. The molecular weight excluding hydrogens is 272 g/mol. The Hall–Kier alpha value is -2.94. The number of carbonyl (C=O) groups excluding carboxylic acids is 1. The summed E-state index contributed by atoms with van der Waals surface area (Å²) >= 11 is 0. The molecule has 3 aromatic rings. The minimum Gasteiger partial charge on any atom is -0.340 e. The van der Waals surface area contributed by atoms with Crippen LogP contribution in [0.15, 0.2) is 72.8 Å². The largest absolute Gasteiger partial charge is 0.340 e. The standard InChI is InChI=1S/C19H16N2O/c1-14-17(19(22)15-8-4-2-5-9-15)12-13-18(20-14)21-16-10-6-3-7-11-16/h2-13H,1H3,(H,20,21). The highest BCUT2D eigenvalue weighted by Crippen LogP contribution is 2.18. The summed E-state index contributed by atoms with van der Waals surface area (Å²) in [6.45, 7) is 1.85. The van der Waals surface area contributed by atoms with Crippen LogP contribution < -0.4 is 5.32 Å². The molecule has 108 valence electrons. The maximum atomic E-state index is 12.5. The number of ketones is 1. The summed E-state index contributed by atoms with van der Waals surface area (Å²) in [6.07, 6.45) is 0. The van der Waals surface area contributed by atoms with Crippen LogP contribution in [0.2, 0.25) is 0 Å². The molecule has 1 heterocycles. The second-order valence-electron chi connectivity index (χ2n) is 5.02. The SMILES string of the molecule is Cc1nc(Nc2ccccc2)ccc1C(=O)c1ccccc1. The summed E-state index contributed by atoms with van der Waals surface area (Å²) in [6, 6.07) is 22.7. The lowest BCUT2D eigenvalue weighted by atomic mass is 10.0. The van der Waals surface area contributed by atoms with Crippen molar-refractivity contribution in [1.82, 2.24) is 4.98 Å². The molecule has 3 rings (SSSR count). The van der Waals surface area contributed by atoms with Gasteiger partial charge in [-0.1, -0.05) is 48.5 Å². The summed E-state index contributed by atoms with van der Waals surface area (Å²) in [5.41, 5.74) is 2.99. The van der Waals surface area contributed by atoms with Crippen LogP contribution in [-0.4, -0.2) is 10.8 Å². The summed E-state index contributed by atoms with van der Waals surface area (Å²) < 4.78 is 0. The van der Waals surface area contributed by atoms with Gasteiger partial charge in [0, 0.05) is 16.8 Å². The molecule has 1 aromatic heterocycles. The summed E-state index contributed by atoms with van der Waals surface area (Å²) in [5, 5.41) is 3.23. The number of para-hydroxylation sites is 1. The molecule has 0 atom stereocenters. The lowest BCUT2D eigenvalue weighted by Gasteiger charge is -2.09. The molecule has 2 aromatic carbocycles. The Morgan fingerprint density at radius 1 is 0.864 bits per heavy atom. The molecule has 0 amide bonds. The van der Waals surface area contributed by atoms with E-state index in [2.05, 4.69) is 10.3 Å². The van der Waals surface area contributed by atoms with E-state index in [-0.39, 0.29) is 5.78 Å². The van der Waals surface area contributed by atoms with Crippen LogP contribution in [0.3, 0.4) is 0 Å². The van der Waals surface area contributed by atoms with E-state index in [0.29, 0.717) is 11.1 Å². The van der Waals surface area contributed by atoms with E-state index in [9.17, 15) is 4.79 Å². The highest BCUT2D eigenvalue weighted by atomic mass is 16.1. The fourth-order valence-electron chi connectivity index (χ4n) is 2.29. The first-order chi connectivity index (χ1) is 10.7. The zero-order valence-electron chi connectivity index (χ0n) is 12.3. The Balaban J connectivity index is 1.85. The number of benzene rings is 2. The smallest absolute Gasteiger partial charge is 0.194 e. The highest BCUT2D eigenvalue weighted by Gasteiger charge is 2.12. The quantitative estimate of drug-likeness (QED) is 0.725. The van der Waals surface area contributed by atoms with Crippen LogP contribution in [-0.2, 0) is 0 Å². The Kier molecular flexibility index (Phi) is 3.97. The monoisotopic (exact) mass is 288 g/mol. The number of aromatic nitrogens is 1.